The van der Waals surface area contributed by atoms with Gasteiger partial charge in [0.05, 0.1) is 0 Å². The van der Waals surface area contributed by atoms with Crippen LogP contribution in [0, 0.1) is 0 Å². The third-order valence-electron chi connectivity index (χ3n) is 4.27. The van der Waals surface area contributed by atoms with Crippen LogP contribution in [0.15, 0.2) is 36.7 Å². The Balaban J connectivity index is 1.99. The molecule has 0 spiro atoms. The molecule has 0 atom stereocenters. The lowest BCUT2D eigenvalue weighted by Crippen LogP contribution is -2.28. The van der Waals surface area contributed by atoms with Gasteiger partial charge < -0.3 is 10.2 Å². The highest BCUT2D eigenvalue weighted by Gasteiger charge is 2.15. The summed E-state index contributed by atoms with van der Waals surface area (Å²) in [5, 5.41) is 4.04. The Kier molecular flexibility index (Phi) is 6.76. The van der Waals surface area contributed by atoms with E-state index in [4.69, 9.17) is 16.6 Å². The van der Waals surface area contributed by atoms with Crippen LogP contribution in [0.3, 0.4) is 0 Å². The lowest BCUT2D eigenvalue weighted by molar-refractivity contribution is 0.664. The van der Waals surface area contributed by atoms with Crippen LogP contribution in [0.5, 0.6) is 0 Å². The van der Waals surface area contributed by atoms with Crippen LogP contribution < -0.4 is 10.2 Å². The van der Waals surface area contributed by atoms with Gasteiger partial charge in [0.15, 0.2) is 17.0 Å². The molecule has 1 N–H and O–H groups in total. The van der Waals surface area contributed by atoms with E-state index in [1.165, 1.54) is 0 Å². The van der Waals surface area contributed by atoms with Crippen molar-refractivity contribution in [1.82, 2.24) is 19.9 Å². The van der Waals surface area contributed by atoms with E-state index in [9.17, 15) is 0 Å². The summed E-state index contributed by atoms with van der Waals surface area (Å²) in [6.45, 7) is 6.25. The molecule has 0 radical (unpaired) electrons. The first-order valence-electron chi connectivity index (χ1n) is 9.47. The number of unbranched alkanes of at least 4 members (excludes halogenated alkanes) is 2. The second-order valence-electron chi connectivity index (χ2n) is 6.43. The Hall–Kier alpha value is -2.47. The molecule has 0 aliphatic carbocycles. The van der Waals surface area contributed by atoms with Gasteiger partial charge in [-0.15, -0.1) is 0 Å². The van der Waals surface area contributed by atoms with E-state index in [-0.39, 0.29) is 0 Å². The lowest BCUT2D eigenvalue weighted by Gasteiger charge is -2.23. The summed E-state index contributed by atoms with van der Waals surface area (Å²) in [6, 6.07) is 7.51. The summed E-state index contributed by atoms with van der Waals surface area (Å²) < 4.78 is 0. The smallest absolute Gasteiger partial charge is 0.229 e. The number of fused-ring (bicyclic) bond motifs is 1. The highest BCUT2D eigenvalue weighted by atomic mass is 35.5. The van der Waals surface area contributed by atoms with Crippen molar-refractivity contribution in [2.45, 2.75) is 39.5 Å². The number of nitrogens with one attached hydrogen (secondary N) is 1. The van der Waals surface area contributed by atoms with E-state index >= 15 is 0 Å². The van der Waals surface area contributed by atoms with Gasteiger partial charge in [0, 0.05) is 36.2 Å². The molecule has 0 bridgehead atoms. The van der Waals surface area contributed by atoms with Crippen molar-refractivity contribution < 1.29 is 0 Å². The van der Waals surface area contributed by atoms with Gasteiger partial charge in [0.1, 0.15) is 0 Å². The molecule has 0 aliphatic rings. The minimum atomic E-state index is 0.594. The summed E-state index contributed by atoms with van der Waals surface area (Å²) in [7, 11) is 0. The highest BCUT2D eigenvalue weighted by Crippen LogP contribution is 2.25. The summed E-state index contributed by atoms with van der Waals surface area (Å²) in [4.78, 5) is 20.5. The first-order valence-corrected chi connectivity index (χ1v) is 9.85. The van der Waals surface area contributed by atoms with Gasteiger partial charge in [-0.1, -0.05) is 38.3 Å². The number of nitrogens with zero attached hydrogens (tertiary/aromatic N) is 5. The number of benzene rings is 1. The number of hydrogen-bond acceptors (Lipinski definition) is 6. The quantitative estimate of drug-likeness (QED) is 0.545. The summed E-state index contributed by atoms with van der Waals surface area (Å²) >= 11 is 5.99. The molecule has 2 aromatic heterocycles. The summed E-state index contributed by atoms with van der Waals surface area (Å²) in [6.07, 6.45) is 7.78. The van der Waals surface area contributed by atoms with Crippen LogP contribution >= 0.6 is 11.6 Å². The van der Waals surface area contributed by atoms with Gasteiger partial charge in [-0.25, -0.2) is 9.97 Å². The van der Waals surface area contributed by atoms with Crippen LogP contribution in [0.1, 0.15) is 39.5 Å². The van der Waals surface area contributed by atoms with Gasteiger partial charge >= 0.3 is 0 Å². The van der Waals surface area contributed by atoms with E-state index in [1.54, 1.807) is 12.4 Å². The van der Waals surface area contributed by atoms with E-state index in [0.29, 0.717) is 28.0 Å². The number of rotatable bonds is 9. The Bertz CT molecular complexity index is 860. The van der Waals surface area contributed by atoms with Gasteiger partial charge in [0.2, 0.25) is 5.95 Å². The molecule has 1 aromatic carbocycles. The van der Waals surface area contributed by atoms with Gasteiger partial charge in [-0.05, 0) is 37.1 Å². The van der Waals surface area contributed by atoms with Crippen molar-refractivity contribution in [3.05, 3.63) is 41.7 Å². The minimum absolute atomic E-state index is 0.594. The van der Waals surface area contributed by atoms with Crippen molar-refractivity contribution in [2.75, 3.05) is 23.3 Å². The third-order valence-corrected chi connectivity index (χ3v) is 4.53. The average Bonchev–Trinajstić information content (AvgIpc) is 2.70. The molecule has 6 nitrogen and oxygen atoms in total. The maximum Gasteiger partial charge on any atom is 0.229 e. The molecule has 27 heavy (non-hydrogen) atoms. The number of anilines is 3. The summed E-state index contributed by atoms with van der Waals surface area (Å²) in [5.41, 5.74) is 2.14. The second kappa shape index (κ2) is 9.46. The zero-order valence-corrected chi connectivity index (χ0v) is 16.6. The maximum absolute atomic E-state index is 5.99. The van der Waals surface area contributed by atoms with Crippen LogP contribution in [0.25, 0.3) is 11.2 Å². The Morgan fingerprint density at radius 2 is 1.59 bits per heavy atom. The largest absolute Gasteiger partial charge is 0.341 e. The predicted molar refractivity (Wildman–Crippen MR) is 112 cm³/mol. The fourth-order valence-corrected chi connectivity index (χ4v) is 2.89. The molecule has 142 valence electrons. The monoisotopic (exact) mass is 384 g/mol. The maximum atomic E-state index is 5.99. The Morgan fingerprint density at radius 3 is 2.26 bits per heavy atom. The molecule has 3 rings (SSSR count). The standard InChI is InChI=1S/C20H25ClN6/c1-3-5-13-27(14-6-4-2)20-25-18-17(22-11-12-23-18)19(26-20)24-16-9-7-15(21)8-10-16/h7-12H,3-6,13-14H2,1-2H3,(H,23,24,25,26). The van der Waals surface area contributed by atoms with Crippen LogP contribution in [0.2, 0.25) is 5.02 Å². The van der Waals surface area contributed by atoms with Crippen molar-refractivity contribution in [1.29, 1.82) is 0 Å². The number of hydrogen-bond donors (Lipinski definition) is 1. The molecule has 0 aliphatic heterocycles. The third kappa shape index (κ3) is 5.04. The van der Waals surface area contributed by atoms with Gasteiger partial charge in [0.25, 0.3) is 0 Å². The van der Waals surface area contributed by atoms with E-state index < -0.39 is 0 Å². The van der Waals surface area contributed by atoms with Gasteiger partial charge in [-0.2, -0.15) is 9.97 Å². The number of aromatic nitrogens is 4. The minimum Gasteiger partial charge on any atom is -0.341 e. The lowest BCUT2D eigenvalue weighted by atomic mass is 10.2. The average molecular weight is 385 g/mol. The van der Waals surface area contributed by atoms with E-state index in [0.717, 1.165) is 44.5 Å². The molecule has 0 unspecified atom stereocenters. The van der Waals surface area contributed by atoms with Crippen molar-refractivity contribution in [2.24, 2.45) is 0 Å². The Morgan fingerprint density at radius 1 is 0.926 bits per heavy atom. The molecule has 3 aromatic rings. The molecular weight excluding hydrogens is 360 g/mol. The zero-order chi connectivity index (χ0) is 19.1. The first-order chi connectivity index (χ1) is 13.2. The second-order valence-corrected chi connectivity index (χ2v) is 6.86. The Labute approximate surface area is 165 Å². The molecule has 0 saturated heterocycles. The molecule has 0 amide bonds. The zero-order valence-electron chi connectivity index (χ0n) is 15.8. The fourth-order valence-electron chi connectivity index (χ4n) is 2.76. The van der Waals surface area contributed by atoms with Crippen molar-refractivity contribution >= 4 is 40.2 Å². The van der Waals surface area contributed by atoms with Gasteiger partial charge in [-0.3, -0.25) is 0 Å². The van der Waals surface area contributed by atoms with Crippen LogP contribution in [-0.4, -0.2) is 33.0 Å². The van der Waals surface area contributed by atoms with Crippen LogP contribution in [-0.2, 0) is 0 Å². The molecular formula is C20H25ClN6. The predicted octanol–water partition coefficient (Wildman–Crippen LogP) is 5.22. The molecule has 0 saturated carbocycles. The van der Waals surface area contributed by atoms with E-state index in [2.05, 4.69) is 39.0 Å². The highest BCUT2D eigenvalue weighted by molar-refractivity contribution is 6.30. The molecule has 0 fully saturated rings. The molecule has 7 heteroatoms. The topological polar surface area (TPSA) is 66.8 Å². The molecule has 2 heterocycles. The number of halogens is 1. The summed E-state index contributed by atoms with van der Waals surface area (Å²) in [5.74, 6) is 1.35. The normalized spacial score (nSPS) is 10.9. The first kappa shape index (κ1) is 19.3. The van der Waals surface area contributed by atoms with Crippen molar-refractivity contribution in [3.63, 3.8) is 0 Å². The van der Waals surface area contributed by atoms with Crippen LogP contribution in [0.4, 0.5) is 17.5 Å². The SMILES string of the molecule is CCCCN(CCCC)c1nc(Nc2ccc(Cl)cc2)c2nccnc2n1. The van der Waals surface area contributed by atoms with Crippen molar-refractivity contribution in [3.8, 4) is 0 Å². The fraction of sp³-hybridized carbons (Fsp3) is 0.400. The van der Waals surface area contributed by atoms with E-state index in [1.807, 2.05) is 24.3 Å².